The Morgan fingerprint density at radius 1 is 0.398 bits per heavy atom. The second kappa shape index (κ2) is 63.9. The molecule has 0 spiro atoms. The number of hydrogen-bond acceptors (Lipinski definition) is 8. The van der Waals surface area contributed by atoms with Gasteiger partial charge in [-0.25, -0.2) is 0 Å². The molecule has 1 aliphatic rings. The average Bonchev–Trinajstić information content (AvgIpc) is 3.50. The number of carbonyl (C=O) groups is 1. The van der Waals surface area contributed by atoms with Gasteiger partial charge in [0, 0.05) is 6.42 Å². The summed E-state index contributed by atoms with van der Waals surface area (Å²) in [7, 11) is 0. The highest BCUT2D eigenvalue weighted by molar-refractivity contribution is 5.76. The maximum atomic E-state index is 13.1. The lowest BCUT2D eigenvalue weighted by atomic mass is 9.99. The van der Waals surface area contributed by atoms with Crippen molar-refractivity contribution in [3.05, 3.63) is 12.2 Å². The van der Waals surface area contributed by atoms with Crippen LogP contribution in [0.3, 0.4) is 0 Å². The Hall–Kier alpha value is -1.07. The zero-order valence-electron chi connectivity index (χ0n) is 55.5. The topological polar surface area (TPSA) is 149 Å². The Morgan fingerprint density at radius 3 is 0.940 bits per heavy atom. The second-order valence-corrected chi connectivity index (χ2v) is 26.5. The first-order valence-corrected chi connectivity index (χ1v) is 37.4. The van der Waals surface area contributed by atoms with Crippen LogP contribution in [0.2, 0.25) is 0 Å². The third-order valence-corrected chi connectivity index (χ3v) is 18.4. The number of ether oxygens (including phenoxy) is 2. The summed E-state index contributed by atoms with van der Waals surface area (Å²) < 4.78 is 11.3. The summed E-state index contributed by atoms with van der Waals surface area (Å²) in [6.45, 7) is 3.85. The number of unbranched alkanes of at least 4 members (excludes halogenated alkanes) is 57. The molecule has 0 aromatic rings. The highest BCUT2D eigenvalue weighted by Crippen LogP contribution is 2.24. The van der Waals surface area contributed by atoms with E-state index in [1.54, 1.807) is 6.08 Å². The Kier molecular flexibility index (Phi) is 61.6. The molecule has 1 fully saturated rings. The molecule has 0 bridgehead atoms. The molecule has 7 unspecified atom stereocenters. The molecule has 1 amide bonds. The van der Waals surface area contributed by atoms with E-state index in [0.717, 1.165) is 38.5 Å². The van der Waals surface area contributed by atoms with Crippen LogP contribution in [0.1, 0.15) is 399 Å². The molecule has 494 valence electrons. The third-order valence-electron chi connectivity index (χ3n) is 18.4. The standard InChI is InChI=1S/C74H145NO8/c1-3-5-7-9-11-13-15-17-19-21-23-25-27-29-31-33-35-37-39-41-43-45-47-49-51-53-55-57-59-61-63-68(77)67(66-82-74-73(81)72(80)71(79)69(65-76)83-74)75-70(78)64-62-60-58-56-54-52-50-48-46-44-42-40-38-36-34-32-30-28-26-24-22-20-18-16-14-12-10-8-6-4-2/h61,63,67-69,71-74,76-77,79-81H,3-60,62,64-66H2,1-2H3,(H,75,78)/b63-61+. The van der Waals surface area contributed by atoms with E-state index >= 15 is 0 Å². The van der Waals surface area contributed by atoms with Crippen molar-refractivity contribution in [3.8, 4) is 0 Å². The van der Waals surface area contributed by atoms with Crippen LogP contribution in [-0.4, -0.2) is 87.5 Å². The monoisotopic (exact) mass is 1180 g/mol. The molecule has 1 heterocycles. The molecular formula is C74H145NO8. The van der Waals surface area contributed by atoms with Crippen molar-refractivity contribution in [3.63, 3.8) is 0 Å². The summed E-state index contributed by atoms with van der Waals surface area (Å²) in [6.07, 6.45) is 76.3. The summed E-state index contributed by atoms with van der Waals surface area (Å²) in [6, 6.07) is -0.802. The zero-order valence-corrected chi connectivity index (χ0v) is 55.5. The van der Waals surface area contributed by atoms with E-state index in [-0.39, 0.29) is 12.5 Å². The molecule has 1 aliphatic heterocycles. The van der Waals surface area contributed by atoms with Crippen LogP contribution >= 0.6 is 0 Å². The maximum Gasteiger partial charge on any atom is 0.220 e. The van der Waals surface area contributed by atoms with Gasteiger partial charge in [-0.3, -0.25) is 4.79 Å². The van der Waals surface area contributed by atoms with Gasteiger partial charge in [0.05, 0.1) is 25.4 Å². The summed E-state index contributed by atoms with van der Waals surface area (Å²) in [4.78, 5) is 13.1. The number of hydrogen-bond donors (Lipinski definition) is 6. The quantitative estimate of drug-likeness (QED) is 0.0261. The van der Waals surface area contributed by atoms with Crippen molar-refractivity contribution in [1.82, 2.24) is 5.32 Å². The fourth-order valence-electron chi connectivity index (χ4n) is 12.5. The first-order valence-electron chi connectivity index (χ1n) is 37.4. The van der Waals surface area contributed by atoms with Crippen LogP contribution in [0, 0.1) is 0 Å². The van der Waals surface area contributed by atoms with Gasteiger partial charge in [0.15, 0.2) is 6.29 Å². The van der Waals surface area contributed by atoms with E-state index in [0.29, 0.717) is 6.42 Å². The summed E-state index contributed by atoms with van der Waals surface area (Å²) in [5, 5.41) is 54.8. The van der Waals surface area contributed by atoms with Gasteiger partial charge < -0.3 is 40.3 Å². The number of amides is 1. The number of rotatable bonds is 67. The van der Waals surface area contributed by atoms with Crippen molar-refractivity contribution < 1.29 is 39.8 Å². The molecule has 0 aromatic heterocycles. The van der Waals surface area contributed by atoms with Gasteiger partial charge in [0.2, 0.25) is 5.91 Å². The number of aliphatic hydroxyl groups excluding tert-OH is 5. The Morgan fingerprint density at radius 2 is 0.663 bits per heavy atom. The first kappa shape index (κ1) is 79.9. The molecule has 9 nitrogen and oxygen atoms in total. The fraction of sp³-hybridized carbons (Fsp3) is 0.959. The van der Waals surface area contributed by atoms with E-state index in [4.69, 9.17) is 9.47 Å². The minimum Gasteiger partial charge on any atom is -0.394 e. The molecule has 9 heteroatoms. The molecule has 0 aromatic carbocycles. The van der Waals surface area contributed by atoms with Gasteiger partial charge in [-0.05, 0) is 19.3 Å². The van der Waals surface area contributed by atoms with Crippen LogP contribution in [-0.2, 0) is 14.3 Å². The lowest BCUT2D eigenvalue weighted by Gasteiger charge is -2.40. The van der Waals surface area contributed by atoms with Crippen LogP contribution in [0.5, 0.6) is 0 Å². The zero-order chi connectivity index (χ0) is 60.0. The number of carbonyl (C=O) groups excluding carboxylic acids is 1. The molecule has 0 saturated carbocycles. The minimum absolute atomic E-state index is 0.166. The lowest BCUT2D eigenvalue weighted by molar-refractivity contribution is -0.302. The summed E-state index contributed by atoms with van der Waals surface area (Å²) in [5.74, 6) is -0.166. The predicted octanol–water partition coefficient (Wildman–Crippen LogP) is 20.7. The summed E-state index contributed by atoms with van der Waals surface area (Å²) in [5.41, 5.74) is 0. The van der Waals surface area contributed by atoms with Crippen LogP contribution in [0.15, 0.2) is 12.2 Å². The molecule has 0 aliphatic carbocycles. The van der Waals surface area contributed by atoms with Gasteiger partial charge in [0.1, 0.15) is 24.4 Å². The smallest absolute Gasteiger partial charge is 0.220 e. The van der Waals surface area contributed by atoms with Crippen molar-refractivity contribution in [2.24, 2.45) is 0 Å². The Labute approximate surface area is 516 Å². The van der Waals surface area contributed by atoms with Gasteiger partial charge in [0.25, 0.3) is 0 Å². The molecule has 83 heavy (non-hydrogen) atoms. The van der Waals surface area contributed by atoms with E-state index < -0.39 is 49.5 Å². The van der Waals surface area contributed by atoms with Gasteiger partial charge in [-0.1, -0.05) is 386 Å². The van der Waals surface area contributed by atoms with Crippen LogP contribution in [0.4, 0.5) is 0 Å². The Balaban J connectivity index is 2.09. The summed E-state index contributed by atoms with van der Waals surface area (Å²) >= 11 is 0. The normalized spacial score (nSPS) is 18.2. The predicted molar refractivity (Wildman–Crippen MR) is 355 cm³/mol. The van der Waals surface area contributed by atoms with Gasteiger partial charge >= 0.3 is 0 Å². The average molecular weight is 1180 g/mol. The second-order valence-electron chi connectivity index (χ2n) is 26.5. The van der Waals surface area contributed by atoms with Crippen molar-refractivity contribution in [1.29, 1.82) is 0 Å². The molecule has 1 saturated heterocycles. The Bertz CT molecular complexity index is 1320. The number of aliphatic hydroxyl groups is 5. The molecule has 7 atom stereocenters. The van der Waals surface area contributed by atoms with Crippen LogP contribution < -0.4 is 5.32 Å². The van der Waals surface area contributed by atoms with E-state index in [2.05, 4.69) is 19.2 Å². The van der Waals surface area contributed by atoms with E-state index in [9.17, 15) is 30.3 Å². The van der Waals surface area contributed by atoms with E-state index in [1.165, 1.54) is 340 Å². The van der Waals surface area contributed by atoms with Crippen molar-refractivity contribution in [2.45, 2.75) is 442 Å². The number of allylic oxidation sites excluding steroid dienone is 1. The molecule has 6 N–H and O–H groups in total. The van der Waals surface area contributed by atoms with Gasteiger partial charge in [-0.15, -0.1) is 0 Å². The first-order chi connectivity index (χ1) is 40.8. The highest BCUT2D eigenvalue weighted by Gasteiger charge is 2.44. The van der Waals surface area contributed by atoms with Crippen molar-refractivity contribution >= 4 is 5.91 Å². The molecule has 0 radical (unpaired) electrons. The van der Waals surface area contributed by atoms with E-state index in [1.807, 2.05) is 6.08 Å². The van der Waals surface area contributed by atoms with Crippen LogP contribution in [0.25, 0.3) is 0 Å². The largest absolute Gasteiger partial charge is 0.394 e. The third kappa shape index (κ3) is 52.6. The molecular weight excluding hydrogens is 1030 g/mol. The SMILES string of the molecule is CCCCCCCCCCCCCCCCCCCCCCCCCCCCCC/C=C/C(O)C(COC1OC(CO)C(O)C(O)C1O)NC(=O)CCCCCCCCCCCCCCCCCCCCCCCCCCCCCCCC. The van der Waals surface area contributed by atoms with Gasteiger partial charge in [-0.2, -0.15) is 0 Å². The number of nitrogens with one attached hydrogen (secondary N) is 1. The fourth-order valence-corrected chi connectivity index (χ4v) is 12.5. The lowest BCUT2D eigenvalue weighted by Crippen LogP contribution is -2.60. The maximum absolute atomic E-state index is 13.1. The van der Waals surface area contributed by atoms with Crippen molar-refractivity contribution in [2.75, 3.05) is 13.2 Å². The molecule has 1 rings (SSSR count). The minimum atomic E-state index is -1.56. The highest BCUT2D eigenvalue weighted by atomic mass is 16.7.